The molecule has 0 unspecified atom stereocenters. The third-order valence-electron chi connectivity index (χ3n) is 6.84. The highest BCUT2D eigenvalue weighted by atomic mass is 16.5. The van der Waals surface area contributed by atoms with Crippen LogP contribution in [0, 0.1) is 12.8 Å². The van der Waals surface area contributed by atoms with Gasteiger partial charge in [0, 0.05) is 42.4 Å². The molecule has 5 rings (SSSR count). The molecule has 2 aromatic carbocycles. The van der Waals surface area contributed by atoms with Crippen molar-refractivity contribution in [2.24, 2.45) is 5.92 Å². The van der Waals surface area contributed by atoms with Crippen LogP contribution in [-0.4, -0.2) is 52.6 Å². The van der Waals surface area contributed by atoms with Crippen molar-refractivity contribution in [1.82, 2.24) is 19.9 Å². The number of likely N-dealkylation sites (tertiary alicyclic amines) is 1. The summed E-state index contributed by atoms with van der Waals surface area (Å²) in [6.07, 6.45) is 5.40. The van der Waals surface area contributed by atoms with E-state index < -0.39 is 0 Å². The van der Waals surface area contributed by atoms with Crippen molar-refractivity contribution < 1.29 is 4.74 Å². The number of piperidine rings is 1. The number of rotatable bonds is 9. The molecular formula is C29H35N5O. The van der Waals surface area contributed by atoms with Crippen LogP contribution in [0.5, 0.6) is 5.75 Å². The van der Waals surface area contributed by atoms with E-state index >= 15 is 0 Å². The van der Waals surface area contributed by atoms with Gasteiger partial charge >= 0.3 is 0 Å². The normalized spacial score (nSPS) is 16.5. The van der Waals surface area contributed by atoms with E-state index in [1.54, 1.807) is 0 Å². The first-order valence-corrected chi connectivity index (χ1v) is 12.8. The minimum Gasteiger partial charge on any atom is -0.493 e. The van der Waals surface area contributed by atoms with Crippen LogP contribution in [0.1, 0.15) is 31.2 Å². The molecule has 0 amide bonds. The Morgan fingerprint density at radius 2 is 2.06 bits per heavy atom. The summed E-state index contributed by atoms with van der Waals surface area (Å²) in [7, 11) is 0. The fourth-order valence-electron chi connectivity index (χ4n) is 4.93. The molecule has 3 heterocycles. The fourth-order valence-corrected chi connectivity index (χ4v) is 4.93. The van der Waals surface area contributed by atoms with Crippen LogP contribution >= 0.6 is 0 Å². The molecular weight excluding hydrogens is 434 g/mol. The Morgan fingerprint density at radius 3 is 2.97 bits per heavy atom. The Bertz CT molecular complexity index is 1270. The van der Waals surface area contributed by atoms with Gasteiger partial charge in [-0.2, -0.15) is 0 Å². The van der Waals surface area contributed by atoms with Crippen molar-refractivity contribution in [3.05, 3.63) is 72.2 Å². The summed E-state index contributed by atoms with van der Waals surface area (Å²) < 4.78 is 6.18. The number of fused-ring (bicyclic) bond motifs is 1. The van der Waals surface area contributed by atoms with Gasteiger partial charge in [0.2, 0.25) is 0 Å². The highest BCUT2D eigenvalue weighted by Crippen LogP contribution is 2.24. The molecule has 1 aliphatic rings. The Hall–Kier alpha value is -3.38. The maximum absolute atomic E-state index is 6.18. The van der Waals surface area contributed by atoms with Crippen LogP contribution in [0.15, 0.2) is 60.8 Å². The van der Waals surface area contributed by atoms with E-state index in [0.29, 0.717) is 5.92 Å². The fraction of sp³-hybridized carbons (Fsp3) is 0.379. The average molecular weight is 470 g/mol. The van der Waals surface area contributed by atoms with Crippen molar-refractivity contribution in [3.8, 4) is 17.0 Å². The number of aromatic amines is 1. The van der Waals surface area contributed by atoms with E-state index in [4.69, 9.17) is 4.74 Å². The summed E-state index contributed by atoms with van der Waals surface area (Å²) in [6.45, 7) is 9.29. The van der Waals surface area contributed by atoms with Crippen LogP contribution in [0.25, 0.3) is 22.2 Å². The number of H-pyrrole nitrogens is 1. The number of aromatic nitrogens is 3. The molecule has 0 spiro atoms. The molecule has 182 valence electrons. The molecule has 6 heteroatoms. The van der Waals surface area contributed by atoms with E-state index in [-0.39, 0.29) is 0 Å². The Kier molecular flexibility index (Phi) is 7.28. The van der Waals surface area contributed by atoms with Gasteiger partial charge in [0.25, 0.3) is 0 Å². The van der Waals surface area contributed by atoms with E-state index in [2.05, 4.69) is 80.6 Å². The van der Waals surface area contributed by atoms with E-state index in [9.17, 15) is 0 Å². The molecule has 0 saturated carbocycles. The number of anilines is 1. The summed E-state index contributed by atoms with van der Waals surface area (Å²) in [6, 6.07) is 19.0. The molecule has 1 fully saturated rings. The molecule has 2 aromatic heterocycles. The van der Waals surface area contributed by atoms with Gasteiger partial charge in [-0.3, -0.25) is 0 Å². The molecule has 1 aliphatic heterocycles. The quantitative estimate of drug-likeness (QED) is 0.329. The van der Waals surface area contributed by atoms with Crippen molar-refractivity contribution >= 4 is 16.7 Å². The molecule has 4 aromatic rings. The zero-order chi connectivity index (χ0) is 24.0. The number of nitrogens with zero attached hydrogens (tertiary/aromatic N) is 3. The van der Waals surface area contributed by atoms with Gasteiger partial charge in [0.1, 0.15) is 17.4 Å². The largest absolute Gasteiger partial charge is 0.493 e. The van der Waals surface area contributed by atoms with Gasteiger partial charge in [0.15, 0.2) is 0 Å². The maximum atomic E-state index is 6.18. The lowest BCUT2D eigenvalue weighted by atomic mass is 9.99. The third-order valence-corrected chi connectivity index (χ3v) is 6.84. The first-order valence-electron chi connectivity index (χ1n) is 12.8. The summed E-state index contributed by atoms with van der Waals surface area (Å²) in [5, 5.41) is 4.69. The van der Waals surface area contributed by atoms with E-state index in [1.165, 1.54) is 30.3 Å². The average Bonchev–Trinajstić information content (AvgIpc) is 3.36. The lowest BCUT2D eigenvalue weighted by molar-refractivity contribution is 0.135. The molecule has 1 atom stereocenters. The van der Waals surface area contributed by atoms with Crippen molar-refractivity contribution in [3.63, 3.8) is 0 Å². The Labute approximate surface area is 207 Å². The molecule has 1 saturated heterocycles. The first kappa shape index (κ1) is 23.4. The number of aryl methyl sites for hydroxylation is 1. The number of nitrogens with one attached hydrogen (secondary N) is 2. The van der Waals surface area contributed by atoms with Gasteiger partial charge in [-0.25, -0.2) is 9.97 Å². The zero-order valence-electron chi connectivity index (χ0n) is 20.8. The van der Waals surface area contributed by atoms with E-state index in [0.717, 1.165) is 66.8 Å². The number of hydrogen-bond donors (Lipinski definition) is 2. The number of hydrogen-bond acceptors (Lipinski definition) is 5. The Balaban J connectivity index is 1.17. The second kappa shape index (κ2) is 10.9. The molecule has 0 aliphatic carbocycles. The van der Waals surface area contributed by atoms with Gasteiger partial charge < -0.3 is 19.9 Å². The van der Waals surface area contributed by atoms with Crippen LogP contribution in [0.3, 0.4) is 0 Å². The highest BCUT2D eigenvalue weighted by Gasteiger charge is 2.19. The monoisotopic (exact) mass is 469 g/mol. The summed E-state index contributed by atoms with van der Waals surface area (Å²) in [5.41, 5.74) is 4.38. The van der Waals surface area contributed by atoms with Gasteiger partial charge in [-0.15, -0.1) is 0 Å². The van der Waals surface area contributed by atoms with Crippen molar-refractivity contribution in [2.45, 2.75) is 33.1 Å². The van der Waals surface area contributed by atoms with Gasteiger partial charge in [-0.05, 0) is 74.5 Å². The molecule has 2 N–H and O–H groups in total. The SMILES string of the molecule is CCN1CCC[C@H](COc2cccc(CCNc3cc(-c4ccc5cc[nH]c5c4)nc(C)n3)c2)C1. The van der Waals surface area contributed by atoms with Crippen LogP contribution in [0.4, 0.5) is 5.82 Å². The summed E-state index contributed by atoms with van der Waals surface area (Å²) in [4.78, 5) is 15.1. The van der Waals surface area contributed by atoms with Gasteiger partial charge in [0.05, 0.1) is 12.3 Å². The second-order valence-electron chi connectivity index (χ2n) is 9.50. The Morgan fingerprint density at radius 1 is 1.11 bits per heavy atom. The standard InChI is InChI=1S/C29H35N5O/c1-3-34-15-5-7-23(19-34)20-35-26-8-4-6-22(16-26)11-13-31-29-18-28(32-21(2)33-29)25-10-9-24-12-14-30-27(24)17-25/h4,6,8-10,12,14,16-18,23,30H,3,5,7,11,13,15,19-20H2,1-2H3,(H,31,32,33)/t23-/m0/s1. The first-order chi connectivity index (χ1) is 17.2. The van der Waals surface area contributed by atoms with Crippen molar-refractivity contribution in [1.29, 1.82) is 0 Å². The third kappa shape index (κ3) is 6.01. The predicted octanol–water partition coefficient (Wildman–Crippen LogP) is 5.70. The van der Waals surface area contributed by atoms with Crippen LogP contribution < -0.4 is 10.1 Å². The van der Waals surface area contributed by atoms with Crippen LogP contribution in [-0.2, 0) is 6.42 Å². The number of benzene rings is 2. The molecule has 35 heavy (non-hydrogen) atoms. The lowest BCUT2D eigenvalue weighted by Crippen LogP contribution is -2.37. The second-order valence-corrected chi connectivity index (χ2v) is 9.50. The molecule has 0 bridgehead atoms. The highest BCUT2D eigenvalue weighted by molar-refractivity contribution is 5.84. The smallest absolute Gasteiger partial charge is 0.130 e. The topological polar surface area (TPSA) is 66.1 Å². The molecule has 6 nitrogen and oxygen atoms in total. The van der Waals surface area contributed by atoms with Crippen molar-refractivity contribution in [2.75, 3.05) is 38.1 Å². The number of ether oxygens (including phenoxy) is 1. The minimum atomic E-state index is 0.627. The zero-order valence-corrected chi connectivity index (χ0v) is 20.8. The maximum Gasteiger partial charge on any atom is 0.130 e. The van der Waals surface area contributed by atoms with Gasteiger partial charge in [-0.1, -0.05) is 31.2 Å². The van der Waals surface area contributed by atoms with E-state index in [1.807, 2.05) is 19.2 Å². The summed E-state index contributed by atoms with van der Waals surface area (Å²) in [5.74, 6) is 3.21. The predicted molar refractivity (Wildman–Crippen MR) is 143 cm³/mol. The minimum absolute atomic E-state index is 0.627. The molecule has 0 radical (unpaired) electrons. The summed E-state index contributed by atoms with van der Waals surface area (Å²) >= 11 is 0. The van der Waals surface area contributed by atoms with Crippen LogP contribution in [0.2, 0.25) is 0 Å². The lowest BCUT2D eigenvalue weighted by Gasteiger charge is -2.31.